The molecule has 2 aromatic rings. The highest BCUT2D eigenvalue weighted by Gasteiger charge is 2.05. The van der Waals surface area contributed by atoms with Crippen molar-refractivity contribution < 1.29 is 0 Å². The molecule has 0 aliphatic rings. The van der Waals surface area contributed by atoms with Crippen molar-refractivity contribution in [2.75, 3.05) is 0 Å². The van der Waals surface area contributed by atoms with E-state index in [2.05, 4.69) is 4.98 Å². The number of nitrogens with zero attached hydrogens (tertiary/aromatic N) is 3. The van der Waals surface area contributed by atoms with E-state index in [0.717, 1.165) is 10.9 Å². The van der Waals surface area contributed by atoms with Gasteiger partial charge in [-0.25, -0.2) is 0 Å². The second kappa shape index (κ2) is 2.35. The van der Waals surface area contributed by atoms with E-state index in [1.165, 1.54) is 0 Å². The molecule has 12 heavy (non-hydrogen) atoms. The molecule has 3 nitrogen and oxygen atoms in total. The summed E-state index contributed by atoms with van der Waals surface area (Å²) in [6, 6.07) is 7.55. The Hall–Kier alpha value is -1.82. The van der Waals surface area contributed by atoms with Gasteiger partial charge in [0, 0.05) is 36.3 Å². The van der Waals surface area contributed by atoms with Crippen molar-refractivity contribution in [3.05, 3.63) is 35.4 Å². The Labute approximate surface area is 69.9 Å². The Morgan fingerprint density at radius 3 is 2.92 bits per heavy atom. The lowest BCUT2D eigenvalue weighted by Crippen LogP contribution is -1.81. The fraction of sp³-hybridized carbons (Fsp3) is 0.111. The Bertz CT molecular complexity index is 462. The van der Waals surface area contributed by atoms with Crippen LogP contribution in [0.3, 0.4) is 0 Å². The molecule has 0 spiro atoms. The van der Waals surface area contributed by atoms with E-state index < -0.39 is 0 Å². The molecule has 0 saturated carbocycles. The minimum Gasteiger partial charge on any atom is -0.351 e. The number of aromatic nitrogens is 1. The number of benzene rings is 1. The Kier molecular flexibility index (Phi) is 1.34. The third-order valence-electron chi connectivity index (χ3n) is 1.98. The summed E-state index contributed by atoms with van der Waals surface area (Å²) in [5.74, 6) is 0. The average Bonchev–Trinajstić information content (AvgIpc) is 2.47. The van der Waals surface area contributed by atoms with Crippen LogP contribution in [0.2, 0.25) is 0 Å². The molecule has 58 valence electrons. The van der Waals surface area contributed by atoms with E-state index in [1.54, 1.807) is 6.07 Å². The number of fused-ring (bicyclic) bond motifs is 1. The summed E-state index contributed by atoms with van der Waals surface area (Å²) in [5, 5.41) is 9.61. The van der Waals surface area contributed by atoms with Crippen LogP contribution in [0.5, 0.6) is 0 Å². The van der Waals surface area contributed by atoms with Gasteiger partial charge >= 0.3 is 5.69 Å². The number of hydrogen-bond donors (Lipinski definition) is 0. The molecule has 0 bridgehead atoms. The lowest BCUT2D eigenvalue weighted by Gasteiger charge is -1.91. The van der Waals surface area contributed by atoms with E-state index in [-0.39, 0.29) is 0 Å². The van der Waals surface area contributed by atoms with Crippen molar-refractivity contribution in [1.82, 2.24) is 4.57 Å². The van der Waals surface area contributed by atoms with Crippen molar-refractivity contribution in [1.29, 1.82) is 5.39 Å². The average molecular weight is 158 g/mol. The molecule has 0 aliphatic carbocycles. The van der Waals surface area contributed by atoms with Gasteiger partial charge in [0.05, 0.1) is 0 Å². The summed E-state index contributed by atoms with van der Waals surface area (Å²) >= 11 is 0. The van der Waals surface area contributed by atoms with Crippen molar-refractivity contribution in [3.63, 3.8) is 0 Å². The van der Waals surface area contributed by atoms with Crippen molar-refractivity contribution in [2.45, 2.75) is 0 Å². The van der Waals surface area contributed by atoms with E-state index in [1.807, 2.05) is 36.0 Å². The van der Waals surface area contributed by atoms with Gasteiger partial charge in [-0.2, -0.15) is 0 Å². The van der Waals surface area contributed by atoms with E-state index in [0.29, 0.717) is 5.69 Å². The van der Waals surface area contributed by atoms with E-state index in [9.17, 15) is 0 Å². The molecule has 0 aliphatic heterocycles. The van der Waals surface area contributed by atoms with Crippen molar-refractivity contribution in [3.8, 4) is 0 Å². The third-order valence-corrected chi connectivity index (χ3v) is 1.98. The van der Waals surface area contributed by atoms with Crippen LogP contribution in [0.4, 0.5) is 5.69 Å². The van der Waals surface area contributed by atoms with Gasteiger partial charge in [0.15, 0.2) is 4.98 Å². The van der Waals surface area contributed by atoms with Crippen LogP contribution in [-0.4, -0.2) is 4.57 Å². The fourth-order valence-corrected chi connectivity index (χ4v) is 1.33. The quantitative estimate of drug-likeness (QED) is 0.542. The third kappa shape index (κ3) is 0.857. The zero-order valence-corrected chi connectivity index (χ0v) is 6.73. The molecular formula is C9H8N3+. The van der Waals surface area contributed by atoms with Gasteiger partial charge in [-0.15, -0.1) is 0 Å². The minimum absolute atomic E-state index is 0.591. The number of diazo groups is 1. The van der Waals surface area contributed by atoms with Crippen molar-refractivity contribution in [2.24, 2.45) is 7.05 Å². The minimum atomic E-state index is 0.591. The second-order valence-corrected chi connectivity index (χ2v) is 2.77. The summed E-state index contributed by atoms with van der Waals surface area (Å²) in [7, 11) is 1.98. The molecule has 0 N–H and O–H groups in total. The highest BCUT2D eigenvalue weighted by atomic mass is 14.9. The van der Waals surface area contributed by atoms with Crippen LogP contribution < -0.4 is 0 Å². The summed E-state index contributed by atoms with van der Waals surface area (Å²) in [6.45, 7) is 0. The summed E-state index contributed by atoms with van der Waals surface area (Å²) < 4.78 is 2.02. The standard InChI is InChI=1S/C9H8N3/c1-12-5-4-7-6-8(11-10)2-3-9(7)12/h2-6H,1H3/q+1. The van der Waals surface area contributed by atoms with Crippen LogP contribution in [0.15, 0.2) is 30.5 Å². The summed E-state index contributed by atoms with van der Waals surface area (Å²) in [4.78, 5) is 3.12. The number of hydrogen-bond acceptors (Lipinski definition) is 1. The molecule has 0 radical (unpaired) electrons. The zero-order chi connectivity index (χ0) is 8.55. The van der Waals surface area contributed by atoms with Gasteiger partial charge in [-0.3, -0.25) is 0 Å². The van der Waals surface area contributed by atoms with Gasteiger partial charge in [0.2, 0.25) is 5.39 Å². The number of rotatable bonds is 0. The molecule has 0 unspecified atom stereocenters. The van der Waals surface area contributed by atoms with Gasteiger partial charge < -0.3 is 4.57 Å². The highest BCUT2D eigenvalue weighted by Crippen LogP contribution is 2.21. The Morgan fingerprint density at radius 1 is 1.33 bits per heavy atom. The largest absolute Gasteiger partial charge is 0.385 e. The molecule has 0 saturated heterocycles. The van der Waals surface area contributed by atoms with Crippen LogP contribution in [0, 0.1) is 5.39 Å². The Balaban J connectivity index is 2.80. The fourth-order valence-electron chi connectivity index (χ4n) is 1.33. The predicted octanol–water partition coefficient (Wildman–Crippen LogP) is 2.66. The van der Waals surface area contributed by atoms with Crippen LogP contribution in [0.1, 0.15) is 0 Å². The molecule has 1 heterocycles. The monoisotopic (exact) mass is 158 g/mol. The maximum Gasteiger partial charge on any atom is 0.385 e. The Morgan fingerprint density at radius 2 is 2.17 bits per heavy atom. The van der Waals surface area contributed by atoms with Gasteiger partial charge in [-0.1, -0.05) is 0 Å². The first-order valence-electron chi connectivity index (χ1n) is 3.71. The smallest absolute Gasteiger partial charge is 0.351 e. The highest BCUT2D eigenvalue weighted by molar-refractivity contribution is 5.83. The molecule has 0 fully saturated rings. The maximum atomic E-state index is 8.52. The second-order valence-electron chi connectivity index (χ2n) is 2.77. The van der Waals surface area contributed by atoms with Gasteiger partial charge in [0.1, 0.15) is 0 Å². The summed E-state index contributed by atoms with van der Waals surface area (Å²) in [6.07, 6.45) is 1.98. The first kappa shape index (κ1) is 6.86. The van der Waals surface area contributed by atoms with E-state index in [4.69, 9.17) is 5.39 Å². The first-order valence-corrected chi connectivity index (χ1v) is 3.71. The van der Waals surface area contributed by atoms with Gasteiger partial charge in [-0.05, 0) is 12.1 Å². The molecule has 2 rings (SSSR count). The number of aryl methyl sites for hydroxylation is 1. The molecule has 0 atom stereocenters. The molecule has 1 aromatic carbocycles. The summed E-state index contributed by atoms with van der Waals surface area (Å²) in [5.41, 5.74) is 1.73. The topological polar surface area (TPSA) is 33.1 Å². The molecular weight excluding hydrogens is 150 g/mol. The lowest BCUT2D eigenvalue weighted by atomic mass is 10.2. The van der Waals surface area contributed by atoms with Crippen LogP contribution in [-0.2, 0) is 7.05 Å². The first-order chi connectivity index (χ1) is 5.81. The maximum absolute atomic E-state index is 8.52. The van der Waals surface area contributed by atoms with E-state index >= 15 is 0 Å². The molecule has 0 amide bonds. The molecule has 1 aromatic heterocycles. The SMILES string of the molecule is Cn1ccc2cc([N+]#N)ccc21. The van der Waals surface area contributed by atoms with Crippen molar-refractivity contribution >= 4 is 16.6 Å². The predicted molar refractivity (Wildman–Crippen MR) is 47.7 cm³/mol. The van der Waals surface area contributed by atoms with Crippen LogP contribution >= 0.6 is 0 Å². The van der Waals surface area contributed by atoms with Crippen LogP contribution in [0.25, 0.3) is 15.9 Å². The van der Waals surface area contributed by atoms with Gasteiger partial charge in [0.25, 0.3) is 0 Å². The zero-order valence-electron chi connectivity index (χ0n) is 6.73. The molecule has 3 heteroatoms. The normalized spacial score (nSPS) is 10.0. The lowest BCUT2D eigenvalue weighted by molar-refractivity contribution is 0.969.